The van der Waals surface area contributed by atoms with Crippen molar-refractivity contribution in [3.63, 3.8) is 0 Å². The highest BCUT2D eigenvalue weighted by Gasteiger charge is 2.19. The van der Waals surface area contributed by atoms with E-state index in [0.29, 0.717) is 42.3 Å². The zero-order chi connectivity index (χ0) is 30.5. The molecule has 0 saturated carbocycles. The van der Waals surface area contributed by atoms with Crippen LogP contribution in [0.15, 0.2) is 99.7 Å². The molecule has 12 heteroatoms. The molecule has 1 heterocycles. The molecule has 5 rings (SSSR count). The van der Waals surface area contributed by atoms with Crippen LogP contribution in [0.1, 0.15) is 21.5 Å². The van der Waals surface area contributed by atoms with Gasteiger partial charge in [-0.25, -0.2) is 4.98 Å². The van der Waals surface area contributed by atoms with Gasteiger partial charge in [0, 0.05) is 28.0 Å². The maximum atomic E-state index is 12.6. The molecule has 9 nitrogen and oxygen atoms in total. The van der Waals surface area contributed by atoms with E-state index in [2.05, 4.69) is 15.6 Å². The van der Waals surface area contributed by atoms with Gasteiger partial charge in [0.1, 0.15) is 11.6 Å². The van der Waals surface area contributed by atoms with Crippen LogP contribution in [0.2, 0.25) is 5.02 Å². The molecule has 1 aromatic heterocycles. The fourth-order valence-electron chi connectivity index (χ4n) is 3.96. The van der Waals surface area contributed by atoms with E-state index in [9.17, 15) is 25.0 Å². The van der Waals surface area contributed by atoms with Crippen LogP contribution < -0.4 is 10.6 Å². The average molecular weight is 626 g/mol. The Morgan fingerprint density at radius 1 is 1.02 bits per heavy atom. The first-order valence-corrected chi connectivity index (χ1v) is 14.6. The molecule has 212 valence electrons. The van der Waals surface area contributed by atoms with Gasteiger partial charge >= 0.3 is 0 Å². The van der Waals surface area contributed by atoms with Gasteiger partial charge in [0.2, 0.25) is 0 Å². The van der Waals surface area contributed by atoms with Crippen molar-refractivity contribution >= 4 is 79.9 Å². The summed E-state index contributed by atoms with van der Waals surface area (Å²) in [6.45, 7) is 1.95. The number of nitro benzene ring substituents is 1. The molecule has 0 atom stereocenters. The molecule has 0 saturated heterocycles. The standard InChI is InChI=1S/C31H20ClN5O4S2/c1-18-5-8-20(9-6-18)29(38)35-24-10-11-25-28(16-24)43-31(36-25)42-27-12-7-19(14-26(27)37(40)41)13-21(17-33)30(39)34-23-4-2-3-22(32)15-23/h2-16H,1H3,(H,34,39)(H,35,38)/b21-13+. The Kier molecular flexibility index (Phi) is 8.82. The summed E-state index contributed by atoms with van der Waals surface area (Å²) in [5, 5.41) is 27.4. The number of aryl methyl sites for hydroxylation is 1. The number of carbonyl (C=O) groups excluding carboxylic acids is 2. The lowest BCUT2D eigenvalue weighted by molar-refractivity contribution is -0.387. The van der Waals surface area contributed by atoms with Crippen LogP contribution in [-0.4, -0.2) is 21.7 Å². The van der Waals surface area contributed by atoms with E-state index >= 15 is 0 Å². The number of hydrogen-bond acceptors (Lipinski definition) is 8. The first-order chi connectivity index (χ1) is 20.7. The fraction of sp³-hybridized carbons (Fsp3) is 0.0323. The van der Waals surface area contributed by atoms with Crippen molar-refractivity contribution in [3.05, 3.63) is 122 Å². The Bertz CT molecular complexity index is 1970. The van der Waals surface area contributed by atoms with E-state index in [1.54, 1.807) is 54.6 Å². The number of nitrogens with zero attached hydrogens (tertiary/aromatic N) is 3. The first kappa shape index (κ1) is 29.5. The summed E-state index contributed by atoms with van der Waals surface area (Å²) in [5.41, 5.74) is 3.19. The Morgan fingerprint density at radius 3 is 2.51 bits per heavy atom. The molecule has 0 aliphatic carbocycles. The fourth-order valence-corrected chi connectivity index (χ4v) is 6.30. The highest BCUT2D eigenvalue weighted by Crippen LogP contribution is 2.40. The Labute approximate surface area is 259 Å². The van der Waals surface area contributed by atoms with Gasteiger partial charge in [0.15, 0.2) is 4.34 Å². The SMILES string of the molecule is Cc1ccc(C(=O)Nc2ccc3nc(Sc4ccc(/C=C(\C#N)C(=O)Nc5cccc(Cl)c5)cc4[N+](=O)[O-])sc3c2)cc1. The number of benzene rings is 4. The van der Waals surface area contributed by atoms with Crippen molar-refractivity contribution in [3.8, 4) is 6.07 Å². The molecule has 0 radical (unpaired) electrons. The van der Waals surface area contributed by atoms with Crippen molar-refractivity contribution < 1.29 is 14.5 Å². The van der Waals surface area contributed by atoms with Crippen LogP contribution >= 0.6 is 34.7 Å². The molecule has 0 spiro atoms. The van der Waals surface area contributed by atoms with Gasteiger partial charge in [0.05, 0.1) is 20.0 Å². The summed E-state index contributed by atoms with van der Waals surface area (Å²) in [7, 11) is 0. The van der Waals surface area contributed by atoms with Crippen LogP contribution in [0.4, 0.5) is 17.1 Å². The number of anilines is 2. The summed E-state index contributed by atoms with van der Waals surface area (Å²) < 4.78 is 1.37. The molecule has 0 aliphatic heterocycles. The predicted molar refractivity (Wildman–Crippen MR) is 170 cm³/mol. The topological polar surface area (TPSA) is 138 Å². The van der Waals surface area contributed by atoms with Gasteiger partial charge < -0.3 is 10.6 Å². The second kappa shape index (κ2) is 12.9. The lowest BCUT2D eigenvalue weighted by atomic mass is 10.1. The zero-order valence-corrected chi connectivity index (χ0v) is 24.7. The molecule has 5 aromatic rings. The molecule has 0 bridgehead atoms. The van der Waals surface area contributed by atoms with E-state index in [1.165, 1.54) is 29.5 Å². The highest BCUT2D eigenvalue weighted by molar-refractivity contribution is 8.01. The number of nitrogens with one attached hydrogen (secondary N) is 2. The minimum atomic E-state index is -0.672. The van der Waals surface area contributed by atoms with Gasteiger partial charge in [-0.1, -0.05) is 53.2 Å². The van der Waals surface area contributed by atoms with Crippen molar-refractivity contribution in [1.29, 1.82) is 5.26 Å². The normalized spacial score (nSPS) is 11.1. The maximum Gasteiger partial charge on any atom is 0.283 e. The predicted octanol–water partition coefficient (Wildman–Crippen LogP) is 8.12. The quantitative estimate of drug-likeness (QED) is 0.0768. The maximum absolute atomic E-state index is 12.6. The third kappa shape index (κ3) is 7.25. The van der Waals surface area contributed by atoms with Gasteiger partial charge in [-0.2, -0.15) is 5.26 Å². The number of aromatic nitrogens is 1. The molecule has 0 aliphatic rings. The Hall–Kier alpha value is -5.02. The Morgan fingerprint density at radius 2 is 1.79 bits per heavy atom. The minimum absolute atomic E-state index is 0.198. The third-order valence-corrected chi connectivity index (χ3v) is 8.45. The summed E-state index contributed by atoms with van der Waals surface area (Å²) >= 11 is 8.42. The number of fused-ring (bicyclic) bond motifs is 1. The third-order valence-electron chi connectivity index (χ3n) is 6.08. The number of rotatable bonds is 8. The number of amides is 2. The smallest absolute Gasteiger partial charge is 0.283 e. The number of hydrogen-bond donors (Lipinski definition) is 2. The van der Waals surface area contributed by atoms with Gasteiger partial charge in [-0.15, -0.1) is 11.3 Å². The summed E-state index contributed by atoms with van der Waals surface area (Å²) in [5.74, 6) is -0.903. The van der Waals surface area contributed by atoms with Crippen LogP contribution in [0, 0.1) is 28.4 Å². The van der Waals surface area contributed by atoms with E-state index in [-0.39, 0.29) is 17.2 Å². The Balaban J connectivity index is 1.34. The van der Waals surface area contributed by atoms with Gasteiger partial charge in [-0.3, -0.25) is 19.7 Å². The molecular weight excluding hydrogens is 606 g/mol. The molecule has 2 N–H and O–H groups in total. The molecular formula is C31H20ClN5O4S2. The monoisotopic (exact) mass is 625 g/mol. The number of nitriles is 1. The van der Waals surface area contributed by atoms with Crippen molar-refractivity contribution in [2.45, 2.75) is 16.2 Å². The zero-order valence-electron chi connectivity index (χ0n) is 22.3. The second-order valence-electron chi connectivity index (χ2n) is 9.20. The summed E-state index contributed by atoms with van der Waals surface area (Å²) in [4.78, 5) is 41.6. The summed E-state index contributed by atoms with van der Waals surface area (Å²) in [6.07, 6.45) is 1.28. The average Bonchev–Trinajstić information content (AvgIpc) is 3.38. The van der Waals surface area contributed by atoms with E-state index in [4.69, 9.17) is 11.6 Å². The number of halogens is 1. The van der Waals surface area contributed by atoms with Crippen LogP contribution in [0.5, 0.6) is 0 Å². The van der Waals surface area contributed by atoms with E-state index in [1.807, 2.05) is 31.2 Å². The second-order valence-corrected chi connectivity index (χ2v) is 12.0. The molecule has 4 aromatic carbocycles. The van der Waals surface area contributed by atoms with Crippen LogP contribution in [0.25, 0.3) is 16.3 Å². The van der Waals surface area contributed by atoms with Crippen molar-refractivity contribution in [2.24, 2.45) is 0 Å². The largest absolute Gasteiger partial charge is 0.322 e. The van der Waals surface area contributed by atoms with E-state index in [0.717, 1.165) is 22.0 Å². The van der Waals surface area contributed by atoms with Crippen LogP contribution in [0.3, 0.4) is 0 Å². The van der Waals surface area contributed by atoms with Crippen molar-refractivity contribution in [1.82, 2.24) is 4.98 Å². The first-order valence-electron chi connectivity index (χ1n) is 12.6. The van der Waals surface area contributed by atoms with Gasteiger partial charge in [-0.05, 0) is 73.2 Å². The molecule has 0 fully saturated rings. The lowest BCUT2D eigenvalue weighted by Crippen LogP contribution is -2.13. The minimum Gasteiger partial charge on any atom is -0.322 e. The summed E-state index contributed by atoms with van der Waals surface area (Å²) in [6, 6.07) is 25.3. The number of carbonyl (C=O) groups is 2. The lowest BCUT2D eigenvalue weighted by Gasteiger charge is -2.05. The molecule has 2 amide bonds. The number of nitro groups is 1. The molecule has 0 unspecified atom stereocenters. The van der Waals surface area contributed by atoms with Crippen molar-refractivity contribution in [2.75, 3.05) is 10.6 Å². The molecule has 43 heavy (non-hydrogen) atoms. The van der Waals surface area contributed by atoms with Gasteiger partial charge in [0.25, 0.3) is 17.5 Å². The highest BCUT2D eigenvalue weighted by atomic mass is 35.5. The van der Waals surface area contributed by atoms with E-state index < -0.39 is 10.8 Å². The number of thiazole rings is 1. The van der Waals surface area contributed by atoms with Crippen LogP contribution in [-0.2, 0) is 4.79 Å².